The summed E-state index contributed by atoms with van der Waals surface area (Å²) >= 11 is 0. The Bertz CT molecular complexity index is 491. The van der Waals surface area contributed by atoms with Gasteiger partial charge in [0.2, 0.25) is 0 Å². The SMILES string of the molecule is O=C(O)c1cc(-c2cc[nH]c2)ncc1O. The van der Waals surface area contributed by atoms with Crippen LogP contribution in [0.1, 0.15) is 10.4 Å². The molecule has 2 heterocycles. The normalized spacial score (nSPS) is 10.1. The number of aromatic hydroxyl groups is 1. The molecule has 3 N–H and O–H groups in total. The summed E-state index contributed by atoms with van der Waals surface area (Å²) in [5.74, 6) is -1.51. The molecular weight excluding hydrogens is 196 g/mol. The van der Waals surface area contributed by atoms with Crippen molar-refractivity contribution in [2.24, 2.45) is 0 Å². The number of hydrogen-bond acceptors (Lipinski definition) is 3. The number of aromatic nitrogens is 2. The molecule has 2 aromatic heterocycles. The van der Waals surface area contributed by atoms with Crippen LogP contribution in [0, 0.1) is 0 Å². The highest BCUT2D eigenvalue weighted by molar-refractivity contribution is 5.91. The summed E-state index contributed by atoms with van der Waals surface area (Å²) in [5, 5.41) is 18.0. The molecule has 0 amide bonds. The average Bonchev–Trinajstić information content (AvgIpc) is 2.71. The van der Waals surface area contributed by atoms with E-state index >= 15 is 0 Å². The minimum Gasteiger partial charge on any atom is -0.505 e. The van der Waals surface area contributed by atoms with Crippen LogP contribution in [0.25, 0.3) is 11.3 Å². The molecule has 0 aliphatic heterocycles. The zero-order chi connectivity index (χ0) is 10.8. The summed E-state index contributed by atoms with van der Waals surface area (Å²) in [4.78, 5) is 17.5. The molecule has 76 valence electrons. The van der Waals surface area contributed by atoms with Crippen LogP contribution in [0.15, 0.2) is 30.7 Å². The van der Waals surface area contributed by atoms with Crippen molar-refractivity contribution in [3.8, 4) is 17.0 Å². The van der Waals surface area contributed by atoms with Gasteiger partial charge in [-0.15, -0.1) is 0 Å². The predicted octanol–water partition coefficient (Wildman–Crippen LogP) is 1.48. The minimum atomic E-state index is -1.17. The molecule has 0 bridgehead atoms. The summed E-state index contributed by atoms with van der Waals surface area (Å²) in [5.41, 5.74) is 1.13. The maximum absolute atomic E-state index is 10.7. The van der Waals surface area contributed by atoms with Gasteiger partial charge in [0, 0.05) is 18.0 Å². The lowest BCUT2D eigenvalue weighted by atomic mass is 10.1. The molecule has 15 heavy (non-hydrogen) atoms. The number of pyridine rings is 1. The van der Waals surface area contributed by atoms with Gasteiger partial charge in [0.25, 0.3) is 0 Å². The van der Waals surface area contributed by atoms with Crippen molar-refractivity contribution in [3.05, 3.63) is 36.3 Å². The van der Waals surface area contributed by atoms with Gasteiger partial charge >= 0.3 is 5.97 Å². The number of H-pyrrole nitrogens is 1. The fourth-order valence-corrected chi connectivity index (χ4v) is 1.26. The van der Waals surface area contributed by atoms with Gasteiger partial charge in [0.15, 0.2) is 0 Å². The van der Waals surface area contributed by atoms with E-state index in [1.54, 1.807) is 18.5 Å². The van der Waals surface area contributed by atoms with E-state index in [2.05, 4.69) is 9.97 Å². The van der Waals surface area contributed by atoms with Crippen molar-refractivity contribution in [3.63, 3.8) is 0 Å². The van der Waals surface area contributed by atoms with Gasteiger partial charge < -0.3 is 15.2 Å². The van der Waals surface area contributed by atoms with Crippen LogP contribution in [-0.2, 0) is 0 Å². The fraction of sp³-hybridized carbons (Fsp3) is 0. The highest BCUT2D eigenvalue weighted by Gasteiger charge is 2.11. The van der Waals surface area contributed by atoms with Crippen LogP contribution < -0.4 is 0 Å². The molecule has 0 aromatic carbocycles. The lowest BCUT2D eigenvalue weighted by molar-refractivity contribution is 0.0693. The van der Waals surface area contributed by atoms with Crippen molar-refractivity contribution in [2.75, 3.05) is 0 Å². The van der Waals surface area contributed by atoms with E-state index in [0.29, 0.717) is 5.69 Å². The zero-order valence-electron chi connectivity index (χ0n) is 7.64. The van der Waals surface area contributed by atoms with E-state index in [-0.39, 0.29) is 11.3 Å². The van der Waals surface area contributed by atoms with Gasteiger partial charge in [-0.2, -0.15) is 0 Å². The summed E-state index contributed by atoms with van der Waals surface area (Å²) in [6.07, 6.45) is 4.54. The van der Waals surface area contributed by atoms with E-state index in [1.165, 1.54) is 6.07 Å². The first-order valence-corrected chi connectivity index (χ1v) is 4.24. The van der Waals surface area contributed by atoms with E-state index in [0.717, 1.165) is 11.8 Å². The van der Waals surface area contributed by atoms with Gasteiger partial charge in [0.05, 0.1) is 11.9 Å². The lowest BCUT2D eigenvalue weighted by Gasteiger charge is -2.01. The largest absolute Gasteiger partial charge is 0.505 e. The Balaban J connectivity index is 2.52. The number of rotatable bonds is 2. The summed E-state index contributed by atoms with van der Waals surface area (Å²) in [6.45, 7) is 0. The molecule has 0 aliphatic carbocycles. The smallest absolute Gasteiger partial charge is 0.339 e. The third kappa shape index (κ3) is 1.67. The number of aromatic amines is 1. The van der Waals surface area contributed by atoms with E-state index in [4.69, 9.17) is 5.11 Å². The molecular formula is C10H8N2O3. The molecule has 0 saturated heterocycles. The second-order valence-electron chi connectivity index (χ2n) is 2.99. The molecule has 2 rings (SSSR count). The first kappa shape index (κ1) is 9.26. The predicted molar refractivity (Wildman–Crippen MR) is 52.6 cm³/mol. The van der Waals surface area contributed by atoms with Gasteiger partial charge in [-0.05, 0) is 12.1 Å². The fourth-order valence-electron chi connectivity index (χ4n) is 1.26. The first-order chi connectivity index (χ1) is 7.18. The maximum atomic E-state index is 10.7. The summed E-state index contributed by atoms with van der Waals surface area (Å²) in [7, 11) is 0. The lowest BCUT2D eigenvalue weighted by Crippen LogP contribution is -1.98. The first-order valence-electron chi connectivity index (χ1n) is 4.24. The van der Waals surface area contributed by atoms with Crippen LogP contribution >= 0.6 is 0 Å². The number of aromatic carboxylic acids is 1. The Labute approximate surface area is 85.0 Å². The quantitative estimate of drug-likeness (QED) is 0.691. The standard InChI is InChI=1S/C10H8N2O3/c13-9-5-12-8(3-7(9)10(14)15)6-1-2-11-4-6/h1-5,11,13H,(H,14,15). The third-order valence-corrected chi connectivity index (χ3v) is 2.01. The van der Waals surface area contributed by atoms with Gasteiger partial charge in [-0.3, -0.25) is 4.98 Å². The third-order valence-electron chi connectivity index (χ3n) is 2.01. The molecule has 0 atom stereocenters. The Morgan fingerprint density at radius 3 is 2.87 bits per heavy atom. The number of carboxylic acid groups (broad SMARTS) is 1. The number of nitrogens with zero attached hydrogens (tertiary/aromatic N) is 1. The highest BCUT2D eigenvalue weighted by Crippen LogP contribution is 2.22. The average molecular weight is 204 g/mol. The molecule has 0 unspecified atom stereocenters. The Morgan fingerprint density at radius 2 is 2.27 bits per heavy atom. The molecule has 0 saturated carbocycles. The number of carbonyl (C=O) groups is 1. The second-order valence-corrected chi connectivity index (χ2v) is 2.99. The van der Waals surface area contributed by atoms with Crippen molar-refractivity contribution >= 4 is 5.97 Å². The van der Waals surface area contributed by atoms with Crippen LogP contribution in [0.3, 0.4) is 0 Å². The zero-order valence-corrected chi connectivity index (χ0v) is 7.64. The minimum absolute atomic E-state index is 0.152. The Hall–Kier alpha value is -2.30. The Morgan fingerprint density at radius 1 is 1.47 bits per heavy atom. The molecule has 0 spiro atoms. The van der Waals surface area contributed by atoms with Crippen LogP contribution in [0.5, 0.6) is 5.75 Å². The van der Waals surface area contributed by atoms with Crippen molar-refractivity contribution in [1.29, 1.82) is 0 Å². The molecule has 5 heteroatoms. The van der Waals surface area contributed by atoms with E-state index in [1.807, 2.05) is 0 Å². The maximum Gasteiger partial charge on any atom is 0.339 e. The summed E-state index contributed by atoms with van der Waals surface area (Å²) < 4.78 is 0. The van der Waals surface area contributed by atoms with E-state index < -0.39 is 5.97 Å². The summed E-state index contributed by atoms with van der Waals surface area (Å²) in [6, 6.07) is 3.10. The van der Waals surface area contributed by atoms with Gasteiger partial charge in [0.1, 0.15) is 11.3 Å². The van der Waals surface area contributed by atoms with Crippen LogP contribution in [-0.4, -0.2) is 26.2 Å². The molecule has 5 nitrogen and oxygen atoms in total. The number of carboxylic acids is 1. The molecule has 2 aromatic rings. The molecule has 0 fully saturated rings. The van der Waals surface area contributed by atoms with Crippen LogP contribution in [0.2, 0.25) is 0 Å². The van der Waals surface area contributed by atoms with Crippen LogP contribution in [0.4, 0.5) is 0 Å². The topological polar surface area (TPSA) is 86.2 Å². The van der Waals surface area contributed by atoms with Crippen molar-refractivity contribution in [2.45, 2.75) is 0 Å². The molecule has 0 radical (unpaired) electrons. The van der Waals surface area contributed by atoms with E-state index in [9.17, 15) is 9.90 Å². The number of nitrogens with one attached hydrogen (secondary N) is 1. The van der Waals surface area contributed by atoms with Gasteiger partial charge in [-0.25, -0.2) is 4.79 Å². The number of hydrogen-bond donors (Lipinski definition) is 3. The van der Waals surface area contributed by atoms with Crippen molar-refractivity contribution < 1.29 is 15.0 Å². The Kier molecular flexibility index (Phi) is 2.13. The monoisotopic (exact) mass is 204 g/mol. The van der Waals surface area contributed by atoms with Crippen molar-refractivity contribution in [1.82, 2.24) is 9.97 Å². The molecule has 0 aliphatic rings. The highest BCUT2D eigenvalue weighted by atomic mass is 16.4. The second kappa shape index (κ2) is 3.45. The van der Waals surface area contributed by atoms with Gasteiger partial charge in [-0.1, -0.05) is 0 Å².